The van der Waals surface area contributed by atoms with Gasteiger partial charge in [-0.25, -0.2) is 0 Å². The van der Waals surface area contributed by atoms with Crippen LogP contribution in [0.3, 0.4) is 0 Å². The third-order valence-corrected chi connectivity index (χ3v) is 2.88. The van der Waals surface area contributed by atoms with Crippen molar-refractivity contribution in [3.63, 3.8) is 0 Å². The largest absolute Gasteiger partial charge is 0.297 e. The number of ketones is 1. The highest BCUT2D eigenvalue weighted by Crippen LogP contribution is 2.29. The molecular weight excluding hydrogens is 260 g/mol. The fourth-order valence-corrected chi connectivity index (χ4v) is 2.14. The van der Waals surface area contributed by atoms with Gasteiger partial charge in [-0.15, -0.1) is 0 Å². The van der Waals surface area contributed by atoms with E-state index in [1.807, 2.05) is 0 Å². The van der Waals surface area contributed by atoms with Crippen molar-refractivity contribution in [1.82, 2.24) is 0 Å². The molecule has 1 saturated carbocycles. The minimum Gasteiger partial charge on any atom is -0.297 e. The third-order valence-electron chi connectivity index (χ3n) is 1.97. The molecule has 3 heteroatoms. The van der Waals surface area contributed by atoms with Crippen LogP contribution in [0.2, 0.25) is 0 Å². The van der Waals surface area contributed by atoms with Crippen molar-refractivity contribution in [2.75, 3.05) is 0 Å². The van der Waals surface area contributed by atoms with Gasteiger partial charge in [0.15, 0.2) is 5.78 Å². The van der Waals surface area contributed by atoms with Gasteiger partial charge >= 0.3 is 0 Å². The van der Waals surface area contributed by atoms with Crippen molar-refractivity contribution in [3.8, 4) is 0 Å². The van der Waals surface area contributed by atoms with E-state index in [1.165, 1.54) is 12.8 Å². The molecule has 1 rings (SSSR count). The molecule has 0 bridgehead atoms. The van der Waals surface area contributed by atoms with Gasteiger partial charge in [-0.2, -0.15) is 0 Å². The summed E-state index contributed by atoms with van der Waals surface area (Å²) in [5.74, 6) is 0.640. The number of hydrogen-bond donors (Lipinski definition) is 0. The van der Waals surface area contributed by atoms with E-state index in [4.69, 9.17) is 0 Å². The molecule has 1 nitrogen and oxygen atoms in total. The Morgan fingerprint density at radius 3 is 2.20 bits per heavy atom. The molecule has 10 heavy (non-hydrogen) atoms. The summed E-state index contributed by atoms with van der Waals surface area (Å²) < 4.78 is -0.122. The highest BCUT2D eigenvalue weighted by molar-refractivity contribution is 9.25. The van der Waals surface area contributed by atoms with E-state index in [-0.39, 0.29) is 3.74 Å². The Hall–Kier alpha value is 0.630. The van der Waals surface area contributed by atoms with Gasteiger partial charge in [0, 0.05) is 5.92 Å². The van der Waals surface area contributed by atoms with Gasteiger partial charge in [0.2, 0.25) is 0 Å². The smallest absolute Gasteiger partial charge is 0.160 e. The Morgan fingerprint density at radius 1 is 1.30 bits per heavy atom. The number of halogens is 2. The van der Waals surface area contributed by atoms with Crippen molar-refractivity contribution in [2.45, 2.75) is 29.4 Å². The van der Waals surface area contributed by atoms with Crippen molar-refractivity contribution < 1.29 is 4.79 Å². The summed E-state index contributed by atoms with van der Waals surface area (Å²) in [6.45, 7) is 0. The van der Waals surface area contributed by atoms with Crippen LogP contribution in [0.25, 0.3) is 0 Å². The second-order valence-electron chi connectivity index (χ2n) is 2.68. The predicted octanol–water partition coefficient (Wildman–Crippen LogP) is 2.86. The van der Waals surface area contributed by atoms with Crippen LogP contribution in [0.5, 0.6) is 0 Å². The summed E-state index contributed by atoms with van der Waals surface area (Å²) in [6, 6.07) is 0. The van der Waals surface area contributed by atoms with E-state index in [0.29, 0.717) is 11.7 Å². The van der Waals surface area contributed by atoms with E-state index < -0.39 is 0 Å². The molecule has 0 atom stereocenters. The van der Waals surface area contributed by atoms with Gasteiger partial charge in [-0.1, -0.05) is 44.7 Å². The van der Waals surface area contributed by atoms with Crippen LogP contribution in [0.4, 0.5) is 0 Å². The maximum absolute atomic E-state index is 11.3. The van der Waals surface area contributed by atoms with E-state index in [1.54, 1.807) is 0 Å². The Labute approximate surface area is 77.8 Å². The molecule has 1 fully saturated rings. The Balaban J connectivity index is 2.40. The summed E-state index contributed by atoms with van der Waals surface area (Å²) in [7, 11) is 0. The van der Waals surface area contributed by atoms with Crippen LogP contribution in [0.15, 0.2) is 0 Å². The minimum absolute atomic E-state index is 0.122. The first-order valence-electron chi connectivity index (χ1n) is 3.53. The zero-order valence-corrected chi connectivity index (χ0v) is 8.82. The molecule has 0 N–H and O–H groups in total. The van der Waals surface area contributed by atoms with Gasteiger partial charge in [-0.3, -0.25) is 4.79 Å². The molecule has 0 aliphatic heterocycles. The Morgan fingerprint density at radius 2 is 1.80 bits per heavy atom. The van der Waals surface area contributed by atoms with Crippen LogP contribution in [-0.2, 0) is 4.79 Å². The van der Waals surface area contributed by atoms with Crippen molar-refractivity contribution in [1.29, 1.82) is 0 Å². The van der Waals surface area contributed by atoms with Crippen LogP contribution in [0, 0.1) is 5.92 Å². The number of Topliss-reactive ketones (excluding diaryl/α,β-unsaturated/α-hetero) is 1. The SMILES string of the molecule is O=C(C(Br)Br)C1CCCC1. The predicted molar refractivity (Wildman–Crippen MR) is 48.6 cm³/mol. The minimum atomic E-state index is -0.122. The van der Waals surface area contributed by atoms with Crippen LogP contribution in [0.1, 0.15) is 25.7 Å². The molecule has 0 saturated heterocycles. The van der Waals surface area contributed by atoms with Crippen LogP contribution in [-0.4, -0.2) is 9.52 Å². The van der Waals surface area contributed by atoms with Crippen molar-refractivity contribution in [2.24, 2.45) is 5.92 Å². The van der Waals surface area contributed by atoms with Gasteiger partial charge < -0.3 is 0 Å². The van der Waals surface area contributed by atoms with E-state index in [0.717, 1.165) is 12.8 Å². The molecule has 0 aromatic heterocycles. The quantitative estimate of drug-likeness (QED) is 0.705. The maximum Gasteiger partial charge on any atom is 0.160 e. The van der Waals surface area contributed by atoms with Gasteiger partial charge in [0.1, 0.15) is 3.74 Å². The first kappa shape index (κ1) is 8.72. The molecule has 1 aliphatic carbocycles. The normalized spacial score (nSPS) is 20.3. The van der Waals surface area contributed by atoms with E-state index in [9.17, 15) is 4.79 Å². The lowest BCUT2D eigenvalue weighted by Crippen LogP contribution is -2.16. The van der Waals surface area contributed by atoms with Crippen molar-refractivity contribution in [3.05, 3.63) is 0 Å². The van der Waals surface area contributed by atoms with E-state index >= 15 is 0 Å². The van der Waals surface area contributed by atoms with Gasteiger partial charge in [-0.05, 0) is 12.8 Å². The molecule has 58 valence electrons. The Bertz CT molecular complexity index is 128. The second kappa shape index (κ2) is 3.86. The summed E-state index contributed by atoms with van der Waals surface area (Å²) in [5.41, 5.74) is 0. The number of carbonyl (C=O) groups is 1. The monoisotopic (exact) mass is 268 g/mol. The summed E-state index contributed by atoms with van der Waals surface area (Å²) in [4.78, 5) is 11.3. The fourth-order valence-electron chi connectivity index (χ4n) is 1.39. The molecule has 1 aliphatic rings. The topological polar surface area (TPSA) is 17.1 Å². The lowest BCUT2D eigenvalue weighted by molar-refractivity contribution is -0.120. The standard InChI is InChI=1S/C7H10Br2O/c8-7(9)6(10)5-3-1-2-4-5/h5,7H,1-4H2. The highest BCUT2D eigenvalue weighted by Gasteiger charge is 2.25. The number of carbonyl (C=O) groups excluding carboxylic acids is 1. The summed E-state index contributed by atoms with van der Waals surface area (Å²) >= 11 is 6.43. The Kier molecular flexibility index (Phi) is 3.37. The molecule has 0 unspecified atom stereocenters. The van der Waals surface area contributed by atoms with Crippen LogP contribution >= 0.6 is 31.9 Å². The lowest BCUT2D eigenvalue weighted by Gasteiger charge is -2.07. The summed E-state index contributed by atoms with van der Waals surface area (Å²) in [5, 5.41) is 0. The zero-order valence-electron chi connectivity index (χ0n) is 5.65. The maximum atomic E-state index is 11.3. The fraction of sp³-hybridized carbons (Fsp3) is 0.857. The molecule has 0 heterocycles. The summed E-state index contributed by atoms with van der Waals surface area (Å²) in [6.07, 6.45) is 4.63. The van der Waals surface area contributed by atoms with Crippen molar-refractivity contribution >= 4 is 37.6 Å². The number of rotatable bonds is 2. The average Bonchev–Trinajstić information content (AvgIpc) is 2.36. The first-order chi connectivity index (χ1) is 4.72. The zero-order chi connectivity index (χ0) is 7.56. The van der Waals surface area contributed by atoms with E-state index in [2.05, 4.69) is 31.9 Å². The lowest BCUT2D eigenvalue weighted by atomic mass is 10.0. The average molecular weight is 270 g/mol. The number of alkyl halides is 2. The third kappa shape index (κ3) is 2.06. The molecule has 0 aromatic rings. The number of hydrogen-bond acceptors (Lipinski definition) is 1. The highest BCUT2D eigenvalue weighted by atomic mass is 79.9. The van der Waals surface area contributed by atoms with Gasteiger partial charge in [0.25, 0.3) is 0 Å². The molecule has 0 spiro atoms. The molecule has 0 amide bonds. The van der Waals surface area contributed by atoms with Crippen LogP contribution < -0.4 is 0 Å². The first-order valence-corrected chi connectivity index (χ1v) is 5.37. The van der Waals surface area contributed by atoms with Gasteiger partial charge in [0.05, 0.1) is 0 Å². The molecule has 0 radical (unpaired) electrons. The molecular formula is C7H10Br2O. The second-order valence-corrected chi connectivity index (χ2v) is 5.74. The molecule has 0 aromatic carbocycles.